The minimum absolute atomic E-state index is 0.160. The fourth-order valence-corrected chi connectivity index (χ4v) is 4.40. The molecular formula is C25H24N2O4S. The number of hydrogen-bond acceptors (Lipinski definition) is 6. The molecule has 4 rings (SSSR count). The van der Waals surface area contributed by atoms with Crippen molar-refractivity contribution >= 4 is 34.4 Å². The fourth-order valence-electron chi connectivity index (χ4n) is 3.63. The van der Waals surface area contributed by atoms with Crippen molar-refractivity contribution in [2.45, 2.75) is 13.8 Å². The highest BCUT2D eigenvalue weighted by Gasteiger charge is 2.39. The Morgan fingerprint density at radius 1 is 0.938 bits per heavy atom. The Bertz CT molecular complexity index is 1150. The molecule has 2 heterocycles. The SMILES string of the molecule is COc1ccc(NC2=C(c3cccs3)C(=O)N(CCOc3cc(C)cc(C)c3)C2=O)cc1. The van der Waals surface area contributed by atoms with Crippen LogP contribution >= 0.6 is 11.3 Å². The number of nitrogens with zero attached hydrogens (tertiary/aromatic N) is 1. The van der Waals surface area contributed by atoms with Crippen LogP contribution in [0.1, 0.15) is 16.0 Å². The van der Waals surface area contributed by atoms with E-state index in [0.717, 1.165) is 21.8 Å². The molecular weight excluding hydrogens is 424 g/mol. The molecule has 0 bridgehead atoms. The second kappa shape index (κ2) is 9.28. The summed E-state index contributed by atoms with van der Waals surface area (Å²) in [6.07, 6.45) is 0. The van der Waals surface area contributed by atoms with Crippen molar-refractivity contribution in [3.05, 3.63) is 81.7 Å². The molecule has 1 aliphatic rings. The molecule has 0 saturated heterocycles. The van der Waals surface area contributed by atoms with E-state index in [1.54, 1.807) is 19.2 Å². The van der Waals surface area contributed by atoms with Crippen LogP contribution < -0.4 is 14.8 Å². The maximum Gasteiger partial charge on any atom is 0.278 e. The van der Waals surface area contributed by atoms with Gasteiger partial charge in [-0.15, -0.1) is 11.3 Å². The summed E-state index contributed by atoms with van der Waals surface area (Å²) in [7, 11) is 1.59. The molecule has 0 atom stereocenters. The number of carbonyl (C=O) groups excluding carboxylic acids is 2. The van der Waals surface area contributed by atoms with Crippen LogP contribution in [0, 0.1) is 13.8 Å². The molecule has 0 spiro atoms. The molecule has 0 aliphatic carbocycles. The Balaban J connectivity index is 1.53. The lowest BCUT2D eigenvalue weighted by Gasteiger charge is -2.16. The summed E-state index contributed by atoms with van der Waals surface area (Å²) in [5, 5.41) is 5.03. The maximum atomic E-state index is 13.2. The zero-order chi connectivity index (χ0) is 22.7. The molecule has 0 fully saturated rings. The van der Waals surface area contributed by atoms with Gasteiger partial charge in [0.2, 0.25) is 0 Å². The summed E-state index contributed by atoms with van der Waals surface area (Å²) in [4.78, 5) is 28.4. The van der Waals surface area contributed by atoms with E-state index in [1.165, 1.54) is 16.2 Å². The largest absolute Gasteiger partial charge is 0.497 e. The van der Waals surface area contributed by atoms with Crippen molar-refractivity contribution in [2.75, 3.05) is 25.6 Å². The summed E-state index contributed by atoms with van der Waals surface area (Å²) in [6.45, 7) is 4.38. The zero-order valence-electron chi connectivity index (χ0n) is 18.2. The molecule has 1 N–H and O–H groups in total. The number of rotatable bonds is 8. The first-order chi connectivity index (χ1) is 15.5. The summed E-state index contributed by atoms with van der Waals surface area (Å²) in [6, 6.07) is 16.9. The van der Waals surface area contributed by atoms with E-state index in [0.29, 0.717) is 17.0 Å². The van der Waals surface area contributed by atoms with E-state index in [-0.39, 0.29) is 30.7 Å². The second-order valence-electron chi connectivity index (χ2n) is 7.51. The van der Waals surface area contributed by atoms with E-state index in [1.807, 2.05) is 55.6 Å². The molecule has 7 heteroatoms. The van der Waals surface area contributed by atoms with Crippen molar-refractivity contribution < 1.29 is 19.1 Å². The van der Waals surface area contributed by atoms with Crippen LogP contribution in [0.4, 0.5) is 5.69 Å². The van der Waals surface area contributed by atoms with Gasteiger partial charge in [-0.1, -0.05) is 12.1 Å². The van der Waals surface area contributed by atoms with Gasteiger partial charge in [-0.05, 0) is 72.8 Å². The lowest BCUT2D eigenvalue weighted by molar-refractivity contribution is -0.137. The third-order valence-corrected chi connectivity index (χ3v) is 5.96. The normalized spacial score (nSPS) is 13.7. The average Bonchev–Trinajstić information content (AvgIpc) is 3.36. The number of aryl methyl sites for hydroxylation is 2. The predicted molar refractivity (Wildman–Crippen MR) is 126 cm³/mol. The average molecular weight is 449 g/mol. The molecule has 0 unspecified atom stereocenters. The standard InChI is InChI=1S/C25H24N2O4S/c1-16-13-17(2)15-20(14-16)31-11-10-27-24(28)22(21-5-4-12-32-21)23(25(27)29)26-18-6-8-19(30-3)9-7-18/h4-9,12-15,26H,10-11H2,1-3H3. The second-order valence-corrected chi connectivity index (χ2v) is 8.46. The quantitative estimate of drug-likeness (QED) is 0.509. The molecule has 0 radical (unpaired) electrons. The number of hydrogen-bond donors (Lipinski definition) is 1. The lowest BCUT2D eigenvalue weighted by atomic mass is 10.1. The Hall–Kier alpha value is -3.58. The first-order valence-corrected chi connectivity index (χ1v) is 11.1. The monoisotopic (exact) mass is 448 g/mol. The van der Waals surface area contributed by atoms with E-state index in [2.05, 4.69) is 11.4 Å². The Morgan fingerprint density at radius 2 is 1.66 bits per heavy atom. The van der Waals surface area contributed by atoms with Crippen molar-refractivity contribution in [1.29, 1.82) is 0 Å². The highest BCUT2D eigenvalue weighted by atomic mass is 32.1. The summed E-state index contributed by atoms with van der Waals surface area (Å²) in [5.74, 6) is 0.752. The van der Waals surface area contributed by atoms with Crippen LogP contribution in [-0.2, 0) is 9.59 Å². The van der Waals surface area contributed by atoms with Crippen LogP contribution in [0.3, 0.4) is 0 Å². The molecule has 0 saturated carbocycles. The number of carbonyl (C=O) groups is 2. The molecule has 6 nitrogen and oxygen atoms in total. The highest BCUT2D eigenvalue weighted by molar-refractivity contribution is 7.11. The van der Waals surface area contributed by atoms with Crippen LogP contribution in [-0.4, -0.2) is 37.0 Å². The van der Waals surface area contributed by atoms with Crippen molar-refractivity contribution in [2.24, 2.45) is 0 Å². The van der Waals surface area contributed by atoms with Gasteiger partial charge in [0.15, 0.2) is 0 Å². The smallest absolute Gasteiger partial charge is 0.278 e. The summed E-state index contributed by atoms with van der Waals surface area (Å²) in [5.41, 5.74) is 3.55. The summed E-state index contributed by atoms with van der Waals surface area (Å²) < 4.78 is 11.0. The number of methoxy groups -OCH3 is 1. The van der Waals surface area contributed by atoms with Gasteiger partial charge in [0.05, 0.1) is 19.2 Å². The Labute approximate surface area is 191 Å². The van der Waals surface area contributed by atoms with Gasteiger partial charge in [0.1, 0.15) is 23.8 Å². The topological polar surface area (TPSA) is 67.9 Å². The number of nitrogens with one attached hydrogen (secondary N) is 1. The van der Waals surface area contributed by atoms with Crippen LogP contribution in [0.2, 0.25) is 0 Å². The molecule has 164 valence electrons. The molecule has 1 aliphatic heterocycles. The van der Waals surface area contributed by atoms with Gasteiger partial charge in [0.25, 0.3) is 11.8 Å². The van der Waals surface area contributed by atoms with E-state index >= 15 is 0 Å². The lowest BCUT2D eigenvalue weighted by Crippen LogP contribution is -2.36. The number of imide groups is 1. The first kappa shape index (κ1) is 21.6. The van der Waals surface area contributed by atoms with Gasteiger partial charge >= 0.3 is 0 Å². The number of anilines is 1. The molecule has 2 amide bonds. The number of benzene rings is 2. The Morgan fingerprint density at radius 3 is 2.28 bits per heavy atom. The number of thiophene rings is 1. The van der Waals surface area contributed by atoms with E-state index in [9.17, 15) is 9.59 Å². The first-order valence-electron chi connectivity index (χ1n) is 10.2. The fraction of sp³-hybridized carbons (Fsp3) is 0.200. The zero-order valence-corrected chi connectivity index (χ0v) is 19.0. The van der Waals surface area contributed by atoms with E-state index in [4.69, 9.17) is 9.47 Å². The van der Waals surface area contributed by atoms with Gasteiger partial charge in [0, 0.05) is 10.6 Å². The third-order valence-electron chi connectivity index (χ3n) is 5.07. The number of amides is 2. The molecule has 2 aromatic carbocycles. The molecule has 1 aromatic heterocycles. The van der Waals surface area contributed by atoms with Crippen LogP contribution in [0.25, 0.3) is 5.57 Å². The minimum atomic E-state index is -0.363. The summed E-state index contributed by atoms with van der Waals surface area (Å²) >= 11 is 1.42. The Kier molecular flexibility index (Phi) is 6.28. The van der Waals surface area contributed by atoms with Crippen LogP contribution in [0.15, 0.2) is 65.7 Å². The van der Waals surface area contributed by atoms with Gasteiger partial charge in [-0.25, -0.2) is 0 Å². The van der Waals surface area contributed by atoms with Crippen molar-refractivity contribution in [3.63, 3.8) is 0 Å². The van der Waals surface area contributed by atoms with Crippen LogP contribution in [0.5, 0.6) is 11.5 Å². The van der Waals surface area contributed by atoms with E-state index < -0.39 is 0 Å². The predicted octanol–water partition coefficient (Wildman–Crippen LogP) is 4.64. The number of ether oxygens (including phenoxy) is 2. The molecule has 32 heavy (non-hydrogen) atoms. The molecule has 3 aromatic rings. The third kappa shape index (κ3) is 4.53. The highest BCUT2D eigenvalue weighted by Crippen LogP contribution is 2.33. The van der Waals surface area contributed by atoms with Gasteiger partial charge in [-0.3, -0.25) is 14.5 Å². The maximum absolute atomic E-state index is 13.2. The van der Waals surface area contributed by atoms with Crippen molar-refractivity contribution in [3.8, 4) is 11.5 Å². The van der Waals surface area contributed by atoms with Crippen molar-refractivity contribution in [1.82, 2.24) is 4.90 Å². The van der Waals surface area contributed by atoms with Gasteiger partial charge in [-0.2, -0.15) is 0 Å². The minimum Gasteiger partial charge on any atom is -0.497 e. The van der Waals surface area contributed by atoms with Gasteiger partial charge < -0.3 is 14.8 Å².